The van der Waals surface area contributed by atoms with Crippen molar-refractivity contribution >= 4 is 17.7 Å². The fourth-order valence-electron chi connectivity index (χ4n) is 2.30. The Morgan fingerprint density at radius 3 is 2.40 bits per heavy atom. The van der Waals surface area contributed by atoms with Crippen LogP contribution in [0.1, 0.15) is 43.1 Å². The molecule has 0 bridgehead atoms. The molecule has 1 aromatic rings. The number of nitrogens with two attached hydrogens (primary N) is 1. The van der Waals surface area contributed by atoms with Gasteiger partial charge in [-0.15, -0.1) is 0 Å². The molecule has 0 saturated carbocycles. The second-order valence-corrected chi connectivity index (χ2v) is 6.56. The molecule has 0 spiro atoms. The van der Waals surface area contributed by atoms with Crippen LogP contribution in [0.3, 0.4) is 0 Å². The number of amides is 2. The smallest absolute Gasteiger partial charge is 0.407 e. The molecular formula is C16H23N3O6. The Labute approximate surface area is 145 Å². The number of nitrogens with zero attached hydrogens (tertiary/aromatic N) is 2. The highest BCUT2D eigenvalue weighted by atomic mass is 16.6. The number of hydrogen-bond donors (Lipinski definition) is 2. The molecule has 9 nitrogen and oxygen atoms in total. The van der Waals surface area contributed by atoms with Gasteiger partial charge in [-0.1, -0.05) is 0 Å². The van der Waals surface area contributed by atoms with Crippen LogP contribution in [0.25, 0.3) is 0 Å². The zero-order chi connectivity index (χ0) is 19.4. The quantitative estimate of drug-likeness (QED) is 0.439. The van der Waals surface area contributed by atoms with Crippen LogP contribution in [-0.2, 0) is 0 Å². The summed E-state index contributed by atoms with van der Waals surface area (Å²) in [5.41, 5.74) is 4.75. The van der Waals surface area contributed by atoms with E-state index in [1.165, 1.54) is 17.9 Å². The second kappa shape index (κ2) is 7.82. The molecule has 0 saturated heterocycles. The van der Waals surface area contributed by atoms with E-state index in [1.807, 2.05) is 0 Å². The average molecular weight is 353 g/mol. The van der Waals surface area contributed by atoms with Crippen molar-refractivity contribution < 1.29 is 24.4 Å². The summed E-state index contributed by atoms with van der Waals surface area (Å²) >= 11 is 0. The van der Waals surface area contributed by atoms with Crippen molar-refractivity contribution in [2.75, 3.05) is 13.2 Å². The van der Waals surface area contributed by atoms with Gasteiger partial charge in [-0.3, -0.25) is 14.9 Å². The lowest BCUT2D eigenvalue weighted by molar-refractivity contribution is -0.385. The minimum atomic E-state index is -1.03. The molecular weight excluding hydrogens is 330 g/mol. The summed E-state index contributed by atoms with van der Waals surface area (Å²) < 4.78 is 5.51. The van der Waals surface area contributed by atoms with Gasteiger partial charge < -0.3 is 20.5 Å². The minimum Gasteiger partial charge on any atom is -0.493 e. The number of ether oxygens (including phenoxy) is 1. The van der Waals surface area contributed by atoms with Crippen molar-refractivity contribution in [3.05, 3.63) is 33.4 Å². The first-order valence-corrected chi connectivity index (χ1v) is 7.67. The molecule has 0 radical (unpaired) electrons. The molecule has 0 heterocycles. The molecule has 0 aromatic heterocycles. The van der Waals surface area contributed by atoms with Crippen molar-refractivity contribution in [2.24, 2.45) is 5.73 Å². The predicted octanol–water partition coefficient (Wildman–Crippen LogP) is 2.55. The van der Waals surface area contributed by atoms with Crippen molar-refractivity contribution in [1.29, 1.82) is 0 Å². The van der Waals surface area contributed by atoms with Gasteiger partial charge in [-0.05, 0) is 40.2 Å². The summed E-state index contributed by atoms with van der Waals surface area (Å²) in [4.78, 5) is 34.4. The van der Waals surface area contributed by atoms with Crippen LogP contribution in [0, 0.1) is 17.0 Å². The van der Waals surface area contributed by atoms with E-state index in [9.17, 15) is 24.8 Å². The highest BCUT2D eigenvalue weighted by molar-refractivity contribution is 5.96. The number of benzene rings is 1. The Morgan fingerprint density at radius 1 is 1.36 bits per heavy atom. The van der Waals surface area contributed by atoms with Crippen LogP contribution in [-0.4, -0.2) is 45.6 Å². The molecule has 0 fully saturated rings. The molecule has 3 N–H and O–H groups in total. The maximum atomic E-state index is 11.5. The third kappa shape index (κ3) is 5.33. The molecule has 2 amide bonds. The lowest BCUT2D eigenvalue weighted by atomic mass is 10.1. The number of carbonyl (C=O) groups excluding carboxylic acids is 1. The zero-order valence-electron chi connectivity index (χ0n) is 14.7. The molecule has 0 aliphatic rings. The first kappa shape index (κ1) is 20.2. The largest absolute Gasteiger partial charge is 0.493 e. The minimum absolute atomic E-state index is 0.0804. The lowest BCUT2D eigenvalue weighted by Crippen LogP contribution is -2.45. The Morgan fingerprint density at radius 2 is 1.96 bits per heavy atom. The average Bonchev–Trinajstić information content (AvgIpc) is 2.44. The van der Waals surface area contributed by atoms with Gasteiger partial charge >= 0.3 is 6.09 Å². The van der Waals surface area contributed by atoms with Crippen molar-refractivity contribution in [2.45, 2.75) is 39.7 Å². The molecule has 0 atom stereocenters. The molecule has 9 heteroatoms. The Balaban J connectivity index is 2.84. The summed E-state index contributed by atoms with van der Waals surface area (Å²) in [5.74, 6) is -0.687. The number of aryl methyl sites for hydroxylation is 1. The molecule has 0 aliphatic carbocycles. The van der Waals surface area contributed by atoms with E-state index < -0.39 is 22.5 Å². The lowest BCUT2D eigenvalue weighted by Gasteiger charge is -2.33. The third-order valence-electron chi connectivity index (χ3n) is 3.58. The van der Waals surface area contributed by atoms with Crippen LogP contribution >= 0.6 is 0 Å². The van der Waals surface area contributed by atoms with E-state index in [2.05, 4.69) is 0 Å². The van der Waals surface area contributed by atoms with Gasteiger partial charge in [0.25, 0.3) is 11.6 Å². The molecule has 0 aliphatic heterocycles. The van der Waals surface area contributed by atoms with Crippen molar-refractivity contribution in [3.63, 3.8) is 0 Å². The normalized spacial score (nSPS) is 11.0. The first-order chi connectivity index (χ1) is 11.4. The molecule has 0 unspecified atom stereocenters. The standard InChI is InChI=1S/C16H23N3O6/c1-10-8-13(11(14(17)20)9-12(10)19(23)24)25-7-5-6-18(15(21)22)16(2,3)4/h8-9H,5-7H2,1-4H3,(H2,17,20)(H,21,22). The van der Waals surface area contributed by atoms with Gasteiger partial charge in [0, 0.05) is 23.7 Å². The fourth-order valence-corrected chi connectivity index (χ4v) is 2.30. The Bertz CT molecular complexity index is 681. The summed E-state index contributed by atoms with van der Waals surface area (Å²) in [5, 5.41) is 20.2. The number of nitro groups is 1. The van der Waals surface area contributed by atoms with Gasteiger partial charge in [0.15, 0.2) is 0 Å². The number of primary amides is 1. The maximum absolute atomic E-state index is 11.5. The predicted molar refractivity (Wildman–Crippen MR) is 90.9 cm³/mol. The Kier molecular flexibility index (Phi) is 6.32. The number of carboxylic acid groups (broad SMARTS) is 1. The molecule has 1 aromatic carbocycles. The fraction of sp³-hybridized carbons (Fsp3) is 0.500. The highest BCUT2D eigenvalue weighted by Crippen LogP contribution is 2.28. The summed E-state index contributed by atoms with van der Waals surface area (Å²) in [6.45, 7) is 7.27. The maximum Gasteiger partial charge on any atom is 0.407 e. The monoisotopic (exact) mass is 353 g/mol. The number of rotatable bonds is 7. The summed E-state index contributed by atoms with van der Waals surface area (Å²) in [6.07, 6.45) is -0.644. The van der Waals surface area contributed by atoms with Crippen LogP contribution < -0.4 is 10.5 Å². The topological polar surface area (TPSA) is 136 Å². The van der Waals surface area contributed by atoms with Crippen molar-refractivity contribution in [3.8, 4) is 5.75 Å². The number of hydrogen-bond acceptors (Lipinski definition) is 5. The number of nitro benzene ring substituents is 1. The van der Waals surface area contributed by atoms with E-state index in [0.29, 0.717) is 12.0 Å². The van der Waals surface area contributed by atoms with Crippen LogP contribution in [0.4, 0.5) is 10.5 Å². The third-order valence-corrected chi connectivity index (χ3v) is 3.58. The summed E-state index contributed by atoms with van der Waals surface area (Å²) in [7, 11) is 0. The van der Waals surface area contributed by atoms with Gasteiger partial charge in [0.2, 0.25) is 0 Å². The second-order valence-electron chi connectivity index (χ2n) is 6.56. The van der Waals surface area contributed by atoms with E-state index in [0.717, 1.165) is 6.07 Å². The summed E-state index contributed by atoms with van der Waals surface area (Å²) in [6, 6.07) is 2.47. The highest BCUT2D eigenvalue weighted by Gasteiger charge is 2.25. The Hall–Kier alpha value is -2.84. The van der Waals surface area contributed by atoms with E-state index >= 15 is 0 Å². The number of carbonyl (C=O) groups is 2. The van der Waals surface area contributed by atoms with Gasteiger partial charge in [-0.2, -0.15) is 0 Å². The zero-order valence-corrected chi connectivity index (χ0v) is 14.7. The van der Waals surface area contributed by atoms with Gasteiger partial charge in [0.05, 0.1) is 17.1 Å². The van der Waals surface area contributed by atoms with E-state index in [-0.39, 0.29) is 30.2 Å². The van der Waals surface area contributed by atoms with Crippen molar-refractivity contribution in [1.82, 2.24) is 4.90 Å². The first-order valence-electron chi connectivity index (χ1n) is 7.67. The molecule has 138 valence electrons. The van der Waals surface area contributed by atoms with Crippen LogP contribution in [0.5, 0.6) is 5.75 Å². The molecule has 1 rings (SSSR count). The van der Waals surface area contributed by atoms with Crippen LogP contribution in [0.15, 0.2) is 12.1 Å². The van der Waals surface area contributed by atoms with E-state index in [4.69, 9.17) is 10.5 Å². The SMILES string of the molecule is Cc1cc(OCCCN(C(=O)O)C(C)(C)C)c(C(N)=O)cc1[N+](=O)[O-]. The van der Waals surface area contributed by atoms with Gasteiger partial charge in [-0.25, -0.2) is 4.79 Å². The van der Waals surface area contributed by atoms with E-state index in [1.54, 1.807) is 20.8 Å². The van der Waals surface area contributed by atoms with Crippen LogP contribution in [0.2, 0.25) is 0 Å². The molecule has 25 heavy (non-hydrogen) atoms. The van der Waals surface area contributed by atoms with Gasteiger partial charge in [0.1, 0.15) is 5.75 Å².